The number of thioether (sulfide) groups is 1. The number of hydrogen-bond acceptors (Lipinski definition) is 10. The Morgan fingerprint density at radius 1 is 1.17 bits per heavy atom. The lowest BCUT2D eigenvalue weighted by molar-refractivity contribution is 0.479. The van der Waals surface area contributed by atoms with Crippen molar-refractivity contribution in [1.29, 1.82) is 0 Å². The molecule has 1 fully saturated rings. The maximum atomic E-state index is 5.90. The number of aromatic nitrogens is 6. The summed E-state index contributed by atoms with van der Waals surface area (Å²) in [7, 11) is 3.75. The van der Waals surface area contributed by atoms with Crippen LogP contribution in [0.15, 0.2) is 28.0 Å². The monoisotopic (exact) mass is 429 g/mol. The van der Waals surface area contributed by atoms with Crippen LogP contribution in [0.4, 0.5) is 17.8 Å². The molecule has 1 unspecified atom stereocenters. The predicted octanol–water partition coefficient (Wildman–Crippen LogP) is 2.60. The summed E-state index contributed by atoms with van der Waals surface area (Å²) in [5.74, 6) is 3.10. The van der Waals surface area contributed by atoms with Gasteiger partial charge in [-0.1, -0.05) is 11.8 Å². The van der Waals surface area contributed by atoms with Gasteiger partial charge in [0.25, 0.3) is 0 Å². The molecule has 0 radical (unpaired) electrons. The average Bonchev–Trinajstić information content (AvgIpc) is 3.39. The lowest BCUT2D eigenvalue weighted by Crippen LogP contribution is -2.32. The van der Waals surface area contributed by atoms with Gasteiger partial charge in [0.1, 0.15) is 11.6 Å². The third-order valence-electron chi connectivity index (χ3n) is 4.93. The third kappa shape index (κ3) is 4.50. The quantitative estimate of drug-likeness (QED) is 0.562. The Balaban J connectivity index is 1.62. The summed E-state index contributed by atoms with van der Waals surface area (Å²) in [6, 6.07) is 3.86. The van der Waals surface area contributed by atoms with Crippen molar-refractivity contribution < 1.29 is 4.42 Å². The second-order valence-electron chi connectivity index (χ2n) is 7.50. The van der Waals surface area contributed by atoms with Gasteiger partial charge in [0.15, 0.2) is 5.16 Å². The molecule has 30 heavy (non-hydrogen) atoms. The van der Waals surface area contributed by atoms with Gasteiger partial charge in [-0.3, -0.25) is 4.57 Å². The summed E-state index contributed by atoms with van der Waals surface area (Å²) in [6.45, 7) is 4.59. The fourth-order valence-electron chi connectivity index (χ4n) is 3.38. The summed E-state index contributed by atoms with van der Waals surface area (Å²) in [6.07, 6.45) is 5.29. The van der Waals surface area contributed by atoms with Crippen molar-refractivity contribution in [3.8, 4) is 0 Å². The van der Waals surface area contributed by atoms with Gasteiger partial charge < -0.3 is 20.0 Å². The standard InChI is InChI=1S/C19H27N9OS/c1-13(15-21-16(20)23-17(22-15)26(2)3)30-19-25-24-18(27-9-5-4-6-10-27)28(19)12-14-8-7-11-29-14/h7-8,11,13H,4-6,9-10,12H2,1-3H3,(H2,20,21,22,23). The Labute approximate surface area is 179 Å². The molecule has 1 saturated heterocycles. The van der Waals surface area contributed by atoms with Crippen LogP contribution < -0.4 is 15.5 Å². The molecule has 1 aliphatic rings. The van der Waals surface area contributed by atoms with Crippen molar-refractivity contribution in [3.63, 3.8) is 0 Å². The number of nitrogens with zero attached hydrogens (tertiary/aromatic N) is 8. The van der Waals surface area contributed by atoms with Crippen LogP contribution in [0.25, 0.3) is 0 Å². The zero-order valence-corrected chi connectivity index (χ0v) is 18.3. The van der Waals surface area contributed by atoms with Crippen molar-refractivity contribution >= 4 is 29.6 Å². The van der Waals surface area contributed by atoms with E-state index in [0.717, 1.165) is 30.0 Å². The van der Waals surface area contributed by atoms with Gasteiger partial charge in [0.05, 0.1) is 18.1 Å². The molecule has 1 atom stereocenters. The largest absolute Gasteiger partial charge is 0.467 e. The molecule has 0 amide bonds. The number of furan rings is 1. The van der Waals surface area contributed by atoms with Crippen LogP contribution in [0.1, 0.15) is 43.0 Å². The molecule has 0 spiro atoms. The first-order valence-electron chi connectivity index (χ1n) is 10.1. The van der Waals surface area contributed by atoms with Crippen LogP contribution in [0.2, 0.25) is 0 Å². The minimum absolute atomic E-state index is 0.0808. The van der Waals surface area contributed by atoms with Crippen molar-refractivity contribution in [2.75, 3.05) is 42.7 Å². The maximum Gasteiger partial charge on any atom is 0.229 e. The first kappa shape index (κ1) is 20.5. The maximum absolute atomic E-state index is 5.90. The molecule has 0 saturated carbocycles. The topological polar surface area (TPSA) is 115 Å². The molecule has 0 aromatic carbocycles. The van der Waals surface area contributed by atoms with Gasteiger partial charge in [0, 0.05) is 27.2 Å². The summed E-state index contributed by atoms with van der Waals surface area (Å²) in [5.41, 5.74) is 5.90. The molecule has 0 bridgehead atoms. The molecule has 4 rings (SSSR count). The third-order valence-corrected chi connectivity index (χ3v) is 6.01. The minimum Gasteiger partial charge on any atom is -0.467 e. The van der Waals surface area contributed by atoms with Gasteiger partial charge in [-0.15, -0.1) is 10.2 Å². The van der Waals surface area contributed by atoms with E-state index in [1.165, 1.54) is 19.3 Å². The molecule has 3 aromatic rings. The van der Waals surface area contributed by atoms with Crippen molar-refractivity contribution in [1.82, 2.24) is 29.7 Å². The highest BCUT2D eigenvalue weighted by atomic mass is 32.2. The van der Waals surface area contributed by atoms with Gasteiger partial charge >= 0.3 is 0 Å². The SMILES string of the molecule is CC(Sc1nnc(N2CCCCC2)n1Cc1ccco1)c1nc(N)nc(N(C)C)n1. The van der Waals surface area contributed by atoms with Gasteiger partial charge in [0.2, 0.25) is 17.8 Å². The summed E-state index contributed by atoms with van der Waals surface area (Å²) in [5, 5.41) is 9.73. The van der Waals surface area contributed by atoms with Crippen LogP contribution in [0.3, 0.4) is 0 Å². The van der Waals surface area contributed by atoms with E-state index in [2.05, 4.69) is 34.6 Å². The second-order valence-corrected chi connectivity index (χ2v) is 8.81. The minimum atomic E-state index is -0.0808. The summed E-state index contributed by atoms with van der Waals surface area (Å²) < 4.78 is 7.71. The molecule has 0 aliphatic carbocycles. The lowest BCUT2D eigenvalue weighted by atomic mass is 10.1. The summed E-state index contributed by atoms with van der Waals surface area (Å²) in [4.78, 5) is 17.2. The van der Waals surface area contributed by atoms with Gasteiger partial charge in [-0.2, -0.15) is 15.0 Å². The molecule has 4 heterocycles. The van der Waals surface area contributed by atoms with Gasteiger partial charge in [-0.25, -0.2) is 0 Å². The Hall–Kier alpha value is -2.82. The fourth-order valence-corrected chi connectivity index (χ4v) is 4.27. The highest BCUT2D eigenvalue weighted by molar-refractivity contribution is 7.99. The van der Waals surface area contributed by atoms with Crippen LogP contribution in [-0.4, -0.2) is 56.9 Å². The summed E-state index contributed by atoms with van der Waals surface area (Å²) >= 11 is 1.55. The molecular formula is C19H27N9OS. The van der Waals surface area contributed by atoms with Crippen molar-refractivity contribution in [2.24, 2.45) is 0 Å². The Kier molecular flexibility index (Phi) is 6.07. The van der Waals surface area contributed by atoms with E-state index >= 15 is 0 Å². The van der Waals surface area contributed by atoms with Crippen LogP contribution >= 0.6 is 11.8 Å². The Morgan fingerprint density at radius 2 is 1.97 bits per heavy atom. The van der Waals surface area contributed by atoms with E-state index in [4.69, 9.17) is 10.2 Å². The van der Waals surface area contributed by atoms with Crippen molar-refractivity contribution in [2.45, 2.75) is 43.1 Å². The first-order valence-corrected chi connectivity index (χ1v) is 10.9. The Bertz CT molecular complexity index is 967. The van der Waals surface area contributed by atoms with E-state index in [0.29, 0.717) is 18.3 Å². The number of anilines is 3. The highest BCUT2D eigenvalue weighted by Gasteiger charge is 2.24. The number of piperidine rings is 1. The normalized spacial score (nSPS) is 15.4. The second kappa shape index (κ2) is 8.90. The zero-order chi connectivity index (χ0) is 21.1. The molecular weight excluding hydrogens is 402 g/mol. The highest BCUT2D eigenvalue weighted by Crippen LogP contribution is 2.35. The zero-order valence-electron chi connectivity index (χ0n) is 17.5. The first-order chi connectivity index (χ1) is 14.5. The number of rotatable bonds is 7. The van der Waals surface area contributed by atoms with Crippen LogP contribution in [0, 0.1) is 0 Å². The fraction of sp³-hybridized carbons (Fsp3) is 0.526. The van der Waals surface area contributed by atoms with E-state index in [-0.39, 0.29) is 11.2 Å². The molecule has 160 valence electrons. The van der Waals surface area contributed by atoms with E-state index in [9.17, 15) is 0 Å². The molecule has 10 nitrogen and oxygen atoms in total. The Morgan fingerprint density at radius 3 is 2.67 bits per heavy atom. The van der Waals surface area contributed by atoms with Crippen LogP contribution in [-0.2, 0) is 6.54 Å². The number of nitrogen functional groups attached to an aromatic ring is 1. The molecule has 11 heteroatoms. The predicted molar refractivity (Wildman–Crippen MR) is 117 cm³/mol. The van der Waals surface area contributed by atoms with Crippen molar-refractivity contribution in [3.05, 3.63) is 30.0 Å². The van der Waals surface area contributed by atoms with E-state index in [1.54, 1.807) is 18.0 Å². The van der Waals surface area contributed by atoms with E-state index in [1.807, 2.05) is 38.1 Å². The van der Waals surface area contributed by atoms with Crippen LogP contribution in [0.5, 0.6) is 0 Å². The average molecular weight is 430 g/mol. The molecule has 1 aliphatic heterocycles. The smallest absolute Gasteiger partial charge is 0.229 e. The van der Waals surface area contributed by atoms with Gasteiger partial charge in [-0.05, 0) is 38.3 Å². The number of hydrogen-bond donors (Lipinski definition) is 1. The number of nitrogens with two attached hydrogens (primary N) is 1. The van der Waals surface area contributed by atoms with E-state index < -0.39 is 0 Å². The lowest BCUT2D eigenvalue weighted by Gasteiger charge is -2.27. The molecule has 2 N–H and O–H groups in total. The molecule has 3 aromatic heterocycles.